The summed E-state index contributed by atoms with van der Waals surface area (Å²) in [5.41, 5.74) is 8.98. The Balaban J connectivity index is 0.000000660. The Bertz CT molecular complexity index is 1730. The first-order valence-corrected chi connectivity index (χ1v) is 19.0. The van der Waals surface area contributed by atoms with Crippen LogP contribution in [0.5, 0.6) is 0 Å². The van der Waals surface area contributed by atoms with E-state index in [1.807, 2.05) is 55.5 Å². The highest BCUT2D eigenvalue weighted by atomic mass is 19.1. The summed E-state index contributed by atoms with van der Waals surface area (Å²) in [6.45, 7) is 26.4. The van der Waals surface area contributed by atoms with E-state index in [1.54, 1.807) is 50.2 Å². The lowest BCUT2D eigenvalue weighted by atomic mass is 10.0. The van der Waals surface area contributed by atoms with E-state index in [2.05, 4.69) is 81.4 Å². The lowest BCUT2D eigenvalue weighted by Gasteiger charge is -2.05. The van der Waals surface area contributed by atoms with Crippen molar-refractivity contribution >= 4 is 0 Å². The molecule has 1 N–H and O–H groups in total. The highest BCUT2D eigenvalue weighted by molar-refractivity contribution is 5.28. The van der Waals surface area contributed by atoms with E-state index < -0.39 is 0 Å². The van der Waals surface area contributed by atoms with Crippen LogP contribution in [0.2, 0.25) is 0 Å². The van der Waals surface area contributed by atoms with E-state index in [-0.39, 0.29) is 37.3 Å². The fraction of sp³-hybridized carbons (Fsp3) is 0.400. The maximum atomic E-state index is 12.9. The number of rotatable bonds is 6. The largest absolute Gasteiger partial charge is 0.392 e. The zero-order chi connectivity index (χ0) is 41.1. The molecule has 0 fully saturated rings. The molecule has 0 bridgehead atoms. The fourth-order valence-corrected chi connectivity index (χ4v) is 4.91. The summed E-state index contributed by atoms with van der Waals surface area (Å²) in [7, 11) is 0. The zero-order valence-electron chi connectivity index (χ0n) is 34.9. The highest BCUT2D eigenvalue weighted by Gasteiger charge is 2.04. The van der Waals surface area contributed by atoms with Crippen LogP contribution < -0.4 is 0 Å². The maximum absolute atomic E-state index is 12.9. The molecule has 302 valence electrons. The first-order chi connectivity index (χ1) is 25.2. The number of hydrogen-bond donors (Lipinski definition) is 1. The van der Waals surface area contributed by atoms with Gasteiger partial charge < -0.3 is 5.11 Å². The minimum Gasteiger partial charge on any atom is -0.392 e. The standard InChI is InChI=1S/3C10H13F.C10H14O.C9H11F.CH4/c1-7(2)9-4-8(3)5-10(11)6-9;2*1-7(2)9-5-4-8(3)10(11)6-9;1-8(2)10-5-3-9(7-11)4-6-10;1-7(2)8-4-3-5-9(10)6-8;/h3*4-7H,1-3H3;3-6,8,11H,7H2,1-2H3;3-7H,1-2H3;1H4. The molecule has 0 radical (unpaired) electrons. The molecule has 1 nitrogen and oxygen atoms in total. The molecule has 5 rings (SSSR count). The Morgan fingerprint density at radius 3 is 1.13 bits per heavy atom. The van der Waals surface area contributed by atoms with E-state index in [1.165, 1.54) is 11.6 Å². The first kappa shape index (κ1) is 50.8. The molecule has 55 heavy (non-hydrogen) atoms. The van der Waals surface area contributed by atoms with Gasteiger partial charge in [0.25, 0.3) is 0 Å². The molecule has 0 atom stereocenters. The summed E-state index contributed by atoms with van der Waals surface area (Å²) in [5, 5.41) is 8.77. The van der Waals surface area contributed by atoms with Crippen molar-refractivity contribution in [1.82, 2.24) is 0 Å². The second kappa shape index (κ2) is 25.8. The van der Waals surface area contributed by atoms with Crippen LogP contribution in [-0.4, -0.2) is 5.11 Å². The van der Waals surface area contributed by atoms with Gasteiger partial charge in [0.2, 0.25) is 0 Å². The normalized spacial score (nSPS) is 10.4. The third-order valence-electron chi connectivity index (χ3n) is 8.80. The minimum atomic E-state index is -0.147. The summed E-state index contributed by atoms with van der Waals surface area (Å²) in [6, 6.07) is 30.8. The van der Waals surface area contributed by atoms with Crippen molar-refractivity contribution in [2.24, 2.45) is 0 Å². The van der Waals surface area contributed by atoms with Gasteiger partial charge in [-0.2, -0.15) is 0 Å². The molecule has 0 aromatic heterocycles. The van der Waals surface area contributed by atoms with Gasteiger partial charge in [-0.05, 0) is 137 Å². The van der Waals surface area contributed by atoms with Crippen molar-refractivity contribution in [1.29, 1.82) is 0 Å². The molecular formula is C50H68F4O. The highest BCUT2D eigenvalue weighted by Crippen LogP contribution is 2.19. The van der Waals surface area contributed by atoms with Gasteiger partial charge in [-0.1, -0.05) is 143 Å². The Kier molecular flexibility index (Phi) is 23.8. The molecule has 0 unspecified atom stereocenters. The van der Waals surface area contributed by atoms with Crippen LogP contribution in [0.25, 0.3) is 0 Å². The van der Waals surface area contributed by atoms with E-state index in [4.69, 9.17) is 5.11 Å². The summed E-state index contributed by atoms with van der Waals surface area (Å²) in [4.78, 5) is 0. The number of aryl methyl sites for hydroxylation is 3. The van der Waals surface area contributed by atoms with Gasteiger partial charge in [-0.3, -0.25) is 0 Å². The van der Waals surface area contributed by atoms with Crippen molar-refractivity contribution < 1.29 is 22.7 Å². The summed E-state index contributed by atoms with van der Waals surface area (Å²) >= 11 is 0. The van der Waals surface area contributed by atoms with Crippen LogP contribution in [0.3, 0.4) is 0 Å². The molecule has 5 aromatic rings. The van der Waals surface area contributed by atoms with Crippen LogP contribution in [0.1, 0.15) is 156 Å². The average molecular weight is 761 g/mol. The minimum absolute atomic E-state index is 0. The molecule has 0 saturated carbocycles. The summed E-state index contributed by atoms with van der Waals surface area (Å²) < 4.78 is 51.2. The van der Waals surface area contributed by atoms with Crippen molar-refractivity contribution in [2.45, 2.75) is 134 Å². The molecule has 0 spiro atoms. The Morgan fingerprint density at radius 2 is 0.800 bits per heavy atom. The van der Waals surface area contributed by atoms with Crippen molar-refractivity contribution in [2.75, 3.05) is 0 Å². The summed E-state index contributed by atoms with van der Waals surface area (Å²) in [5.74, 6) is 1.73. The topological polar surface area (TPSA) is 20.2 Å². The first-order valence-electron chi connectivity index (χ1n) is 19.0. The molecule has 5 heteroatoms. The molecule has 0 saturated heterocycles. The van der Waals surface area contributed by atoms with Gasteiger partial charge in [0.05, 0.1) is 6.61 Å². The second-order valence-electron chi connectivity index (χ2n) is 15.3. The van der Waals surface area contributed by atoms with Gasteiger partial charge in [0.1, 0.15) is 23.3 Å². The van der Waals surface area contributed by atoms with E-state index in [0.717, 1.165) is 44.5 Å². The van der Waals surface area contributed by atoms with E-state index in [9.17, 15) is 17.6 Å². The smallest absolute Gasteiger partial charge is 0.126 e. The number of benzene rings is 5. The SMILES string of the molecule is C.CC(C)c1ccc(CO)cc1.CC(C)c1cccc(F)c1.Cc1cc(F)cc(C(C)C)c1.Cc1ccc(C(C)C)cc1F.Cc1ccc(C(C)C)cc1F. The van der Waals surface area contributed by atoms with Gasteiger partial charge >= 0.3 is 0 Å². The average Bonchev–Trinajstić information content (AvgIpc) is 3.11. The van der Waals surface area contributed by atoms with Crippen LogP contribution >= 0.6 is 0 Å². The number of hydrogen-bond acceptors (Lipinski definition) is 1. The molecule has 0 heterocycles. The molecule has 0 aliphatic carbocycles. The quantitative estimate of drug-likeness (QED) is 0.171. The Hall–Kier alpha value is -4.22. The predicted octanol–water partition coefficient (Wildman–Crippen LogP) is 15.7. The van der Waals surface area contributed by atoms with Crippen molar-refractivity contribution in [3.63, 3.8) is 0 Å². The lowest BCUT2D eigenvalue weighted by molar-refractivity contribution is 0.282. The van der Waals surface area contributed by atoms with Gasteiger partial charge in [0, 0.05) is 0 Å². The maximum Gasteiger partial charge on any atom is 0.126 e. The Morgan fingerprint density at radius 1 is 0.418 bits per heavy atom. The molecule has 0 aliphatic rings. The second-order valence-corrected chi connectivity index (χ2v) is 15.3. The fourth-order valence-electron chi connectivity index (χ4n) is 4.91. The number of aliphatic hydroxyl groups excluding tert-OH is 1. The van der Waals surface area contributed by atoms with Gasteiger partial charge in [-0.25, -0.2) is 17.6 Å². The lowest BCUT2D eigenvalue weighted by Crippen LogP contribution is -1.90. The molecule has 0 aliphatic heterocycles. The van der Waals surface area contributed by atoms with E-state index >= 15 is 0 Å². The third kappa shape index (κ3) is 19.8. The molecular weight excluding hydrogens is 693 g/mol. The number of aliphatic hydroxyl groups is 1. The summed E-state index contributed by atoms with van der Waals surface area (Å²) in [6.07, 6.45) is 0. The Labute approximate surface area is 331 Å². The third-order valence-corrected chi connectivity index (χ3v) is 8.80. The monoisotopic (exact) mass is 761 g/mol. The van der Waals surface area contributed by atoms with Crippen molar-refractivity contribution in [3.8, 4) is 0 Å². The van der Waals surface area contributed by atoms with Gasteiger partial charge in [-0.15, -0.1) is 0 Å². The van der Waals surface area contributed by atoms with Crippen molar-refractivity contribution in [3.05, 3.63) is 176 Å². The van der Waals surface area contributed by atoms with E-state index in [0.29, 0.717) is 29.6 Å². The molecule has 5 aromatic carbocycles. The van der Waals surface area contributed by atoms with Gasteiger partial charge in [0.15, 0.2) is 0 Å². The predicted molar refractivity (Wildman–Crippen MR) is 229 cm³/mol. The van der Waals surface area contributed by atoms with Crippen LogP contribution in [0, 0.1) is 44.0 Å². The van der Waals surface area contributed by atoms with Crippen LogP contribution in [-0.2, 0) is 6.61 Å². The zero-order valence-corrected chi connectivity index (χ0v) is 34.9. The van der Waals surface area contributed by atoms with Crippen LogP contribution in [0.4, 0.5) is 17.6 Å². The van der Waals surface area contributed by atoms with Crippen LogP contribution in [0.15, 0.2) is 103 Å². The number of halogens is 4. The molecule has 0 amide bonds.